The van der Waals surface area contributed by atoms with Gasteiger partial charge in [-0.2, -0.15) is 0 Å². The van der Waals surface area contributed by atoms with Crippen LogP contribution in [0.1, 0.15) is 16.7 Å². The zero-order chi connectivity index (χ0) is 17.1. The minimum atomic E-state index is -0.543. The average molecular weight is 389 g/mol. The molecule has 1 atom stereocenters. The van der Waals surface area contributed by atoms with Crippen LogP contribution in [0.5, 0.6) is 0 Å². The van der Waals surface area contributed by atoms with Crippen LogP contribution in [0, 0.1) is 0 Å². The molecule has 3 heteroatoms. The van der Waals surface area contributed by atoms with Gasteiger partial charge in [-0.05, 0) is 34.9 Å². The van der Waals surface area contributed by atoms with Gasteiger partial charge in [-0.15, -0.1) is 0 Å². The van der Waals surface area contributed by atoms with Crippen LogP contribution >= 0.6 is 15.9 Å². The van der Waals surface area contributed by atoms with Gasteiger partial charge >= 0.3 is 0 Å². The number of hydrogen-bond donors (Lipinski definition) is 1. The molecule has 0 aliphatic carbocycles. The van der Waals surface area contributed by atoms with Gasteiger partial charge in [-0.3, -0.25) is 4.99 Å². The maximum Gasteiger partial charge on any atom is 0.133 e. The Morgan fingerprint density at radius 2 is 1.32 bits per heavy atom. The van der Waals surface area contributed by atoms with E-state index in [1.807, 2.05) is 24.3 Å². The van der Waals surface area contributed by atoms with Crippen LogP contribution in [0.3, 0.4) is 0 Å². The van der Waals surface area contributed by atoms with Crippen molar-refractivity contribution in [3.05, 3.63) is 112 Å². The second-order valence-electron chi connectivity index (χ2n) is 5.97. The lowest BCUT2D eigenvalue weighted by molar-refractivity contribution is 0.676. The summed E-state index contributed by atoms with van der Waals surface area (Å²) in [5, 5.41) is 3.30. The first-order valence-corrected chi connectivity index (χ1v) is 8.97. The van der Waals surface area contributed by atoms with Crippen molar-refractivity contribution in [2.45, 2.75) is 5.54 Å². The maximum absolute atomic E-state index is 4.88. The molecule has 1 heterocycles. The summed E-state index contributed by atoms with van der Waals surface area (Å²) in [7, 11) is 0. The molecule has 0 amide bonds. The third-order valence-electron chi connectivity index (χ3n) is 4.42. The molecule has 0 radical (unpaired) electrons. The Morgan fingerprint density at radius 3 is 2.00 bits per heavy atom. The van der Waals surface area contributed by atoms with Crippen molar-refractivity contribution in [2.75, 3.05) is 0 Å². The van der Waals surface area contributed by atoms with E-state index in [-0.39, 0.29) is 0 Å². The van der Waals surface area contributed by atoms with Gasteiger partial charge in [-0.1, -0.05) is 88.7 Å². The predicted molar refractivity (Wildman–Crippen MR) is 107 cm³/mol. The van der Waals surface area contributed by atoms with Crippen molar-refractivity contribution in [2.24, 2.45) is 4.99 Å². The number of rotatable bonds is 3. The fourth-order valence-electron chi connectivity index (χ4n) is 3.15. The van der Waals surface area contributed by atoms with Gasteiger partial charge in [0.05, 0.1) is 6.34 Å². The Kier molecular flexibility index (Phi) is 4.24. The monoisotopic (exact) mass is 388 g/mol. The Bertz CT molecular complexity index is 915. The zero-order valence-electron chi connectivity index (χ0n) is 13.6. The molecule has 0 saturated heterocycles. The van der Waals surface area contributed by atoms with E-state index in [1.54, 1.807) is 6.34 Å². The largest absolute Gasteiger partial charge is 0.346 e. The number of hydrogen-bond acceptors (Lipinski definition) is 2. The number of halogens is 1. The Labute approximate surface area is 156 Å². The van der Waals surface area contributed by atoms with Crippen LogP contribution in [0.25, 0.3) is 5.70 Å². The number of benzene rings is 3. The summed E-state index contributed by atoms with van der Waals surface area (Å²) < 4.78 is 1.06. The van der Waals surface area contributed by atoms with E-state index in [1.165, 1.54) is 0 Å². The topological polar surface area (TPSA) is 24.4 Å². The van der Waals surface area contributed by atoms with Gasteiger partial charge in [0, 0.05) is 10.2 Å². The molecule has 3 aromatic carbocycles. The third kappa shape index (κ3) is 3.03. The maximum atomic E-state index is 4.88. The summed E-state index contributed by atoms with van der Waals surface area (Å²) in [4.78, 5) is 4.88. The van der Waals surface area contributed by atoms with Gasteiger partial charge in [-0.25, -0.2) is 0 Å². The molecule has 0 spiro atoms. The molecule has 3 aromatic rings. The molecule has 0 aromatic heterocycles. The summed E-state index contributed by atoms with van der Waals surface area (Å²) >= 11 is 3.53. The smallest absolute Gasteiger partial charge is 0.133 e. The molecule has 2 nitrogen and oxygen atoms in total. The highest BCUT2D eigenvalue weighted by molar-refractivity contribution is 9.10. The van der Waals surface area contributed by atoms with E-state index >= 15 is 0 Å². The molecule has 1 unspecified atom stereocenters. The van der Waals surface area contributed by atoms with Crippen LogP contribution in [0.15, 0.2) is 100 Å². The van der Waals surface area contributed by atoms with Gasteiger partial charge in [0.1, 0.15) is 5.54 Å². The lowest BCUT2D eigenvalue weighted by atomic mass is 9.81. The first-order chi connectivity index (χ1) is 12.3. The number of aliphatic imine (C=N–C) groups is 1. The first-order valence-electron chi connectivity index (χ1n) is 8.18. The number of nitrogens with zero attached hydrogens (tertiary/aromatic N) is 1. The standard InChI is InChI=1S/C22H17BrN2/c23-20-13-11-19(12-14-20)22(18-9-5-2-6-10-18)15-21(24-16-25-22)17-7-3-1-4-8-17/h1-16H,(H,24,25). The van der Waals surface area contributed by atoms with Crippen LogP contribution in [-0.2, 0) is 5.54 Å². The van der Waals surface area contributed by atoms with E-state index in [9.17, 15) is 0 Å². The second kappa shape index (κ2) is 6.69. The van der Waals surface area contributed by atoms with Crippen molar-refractivity contribution in [3.63, 3.8) is 0 Å². The molecule has 122 valence electrons. The van der Waals surface area contributed by atoms with Gasteiger partial charge in [0.15, 0.2) is 0 Å². The fourth-order valence-corrected chi connectivity index (χ4v) is 3.42. The minimum Gasteiger partial charge on any atom is -0.346 e. The quantitative estimate of drug-likeness (QED) is 0.640. The first kappa shape index (κ1) is 15.9. The minimum absolute atomic E-state index is 0.543. The van der Waals surface area contributed by atoms with Gasteiger partial charge < -0.3 is 5.32 Å². The molecule has 25 heavy (non-hydrogen) atoms. The summed E-state index contributed by atoms with van der Waals surface area (Å²) in [6, 6.07) is 29.1. The highest BCUT2D eigenvalue weighted by Gasteiger charge is 2.33. The molecule has 0 fully saturated rings. The summed E-state index contributed by atoms with van der Waals surface area (Å²) in [5.41, 5.74) is 3.93. The molecular weight excluding hydrogens is 372 g/mol. The SMILES string of the molecule is Brc1ccc(C2(c3ccccc3)C=C(c3ccccc3)NC=N2)cc1. The van der Waals surface area contributed by atoms with Crippen molar-refractivity contribution >= 4 is 28.0 Å². The molecule has 1 aliphatic rings. The molecule has 4 rings (SSSR count). The van der Waals surface area contributed by atoms with Crippen molar-refractivity contribution in [1.82, 2.24) is 5.32 Å². The number of nitrogens with one attached hydrogen (secondary N) is 1. The Morgan fingerprint density at radius 1 is 0.720 bits per heavy atom. The molecule has 1 N–H and O–H groups in total. The van der Waals surface area contributed by atoms with E-state index in [0.717, 1.165) is 26.9 Å². The Hall–Kier alpha value is -2.65. The van der Waals surface area contributed by atoms with Gasteiger partial charge in [0.25, 0.3) is 0 Å². The fraction of sp³-hybridized carbons (Fsp3) is 0.0455. The Balaban J connectivity index is 1.92. The van der Waals surface area contributed by atoms with Crippen LogP contribution in [0.2, 0.25) is 0 Å². The molecule has 0 bridgehead atoms. The third-order valence-corrected chi connectivity index (χ3v) is 4.95. The normalized spacial score (nSPS) is 19.2. The van der Waals surface area contributed by atoms with Crippen molar-refractivity contribution in [1.29, 1.82) is 0 Å². The van der Waals surface area contributed by atoms with E-state index in [4.69, 9.17) is 4.99 Å². The van der Waals surface area contributed by atoms with Crippen LogP contribution in [0.4, 0.5) is 0 Å². The lowest BCUT2D eigenvalue weighted by Gasteiger charge is -2.32. The van der Waals surface area contributed by atoms with Gasteiger partial charge in [0.2, 0.25) is 0 Å². The summed E-state index contributed by atoms with van der Waals surface area (Å²) in [5.74, 6) is 0. The molecule has 0 saturated carbocycles. The van der Waals surface area contributed by atoms with E-state index < -0.39 is 5.54 Å². The zero-order valence-corrected chi connectivity index (χ0v) is 15.1. The lowest BCUT2D eigenvalue weighted by Crippen LogP contribution is -2.30. The van der Waals surface area contributed by atoms with Crippen molar-refractivity contribution in [3.8, 4) is 0 Å². The summed E-state index contributed by atoms with van der Waals surface area (Å²) in [6.45, 7) is 0. The molecular formula is C22H17BrN2. The van der Waals surface area contributed by atoms with Crippen LogP contribution < -0.4 is 5.32 Å². The van der Waals surface area contributed by atoms with E-state index in [2.05, 4.69) is 88.0 Å². The predicted octanol–water partition coefficient (Wildman–Crippen LogP) is 5.37. The highest BCUT2D eigenvalue weighted by Crippen LogP contribution is 2.39. The van der Waals surface area contributed by atoms with Crippen molar-refractivity contribution < 1.29 is 0 Å². The van der Waals surface area contributed by atoms with Crippen LogP contribution in [-0.4, -0.2) is 6.34 Å². The summed E-state index contributed by atoms with van der Waals surface area (Å²) in [6.07, 6.45) is 4.01. The second-order valence-corrected chi connectivity index (χ2v) is 6.88. The molecule has 1 aliphatic heterocycles. The van der Waals surface area contributed by atoms with E-state index in [0.29, 0.717) is 0 Å². The highest BCUT2D eigenvalue weighted by atomic mass is 79.9. The average Bonchev–Trinajstić information content (AvgIpc) is 2.70.